The smallest absolute Gasteiger partial charge is 0.129 e. The summed E-state index contributed by atoms with van der Waals surface area (Å²) in [5, 5.41) is 1.27. The molecule has 2 unspecified atom stereocenters. The SMILES string of the molecule is CC1(C)C(Cl)CC1Oc1cccc2ncccc12. The van der Waals surface area contributed by atoms with Crippen molar-refractivity contribution in [3.63, 3.8) is 0 Å². The predicted octanol–water partition coefficient (Wildman–Crippen LogP) is 4.02. The van der Waals surface area contributed by atoms with Gasteiger partial charge >= 0.3 is 0 Å². The average molecular weight is 262 g/mol. The van der Waals surface area contributed by atoms with Crippen molar-refractivity contribution < 1.29 is 4.74 Å². The molecule has 0 radical (unpaired) electrons. The van der Waals surface area contributed by atoms with Crippen LogP contribution >= 0.6 is 11.6 Å². The highest BCUT2D eigenvalue weighted by molar-refractivity contribution is 6.21. The number of pyridine rings is 1. The summed E-state index contributed by atoms with van der Waals surface area (Å²) in [6.45, 7) is 4.31. The summed E-state index contributed by atoms with van der Waals surface area (Å²) in [5.41, 5.74) is 1.00. The maximum absolute atomic E-state index is 6.23. The Bertz CT molecular complexity index is 576. The van der Waals surface area contributed by atoms with Crippen molar-refractivity contribution in [2.45, 2.75) is 31.7 Å². The Hall–Kier alpha value is -1.28. The molecule has 18 heavy (non-hydrogen) atoms. The first-order valence-corrected chi connectivity index (χ1v) is 6.67. The molecule has 2 atom stereocenters. The maximum Gasteiger partial charge on any atom is 0.129 e. The van der Waals surface area contributed by atoms with Crippen LogP contribution in [0, 0.1) is 5.41 Å². The standard InChI is InChI=1S/C15H16ClNO/c1-15(2)13(16)9-14(15)18-12-7-3-6-11-10(12)5-4-8-17-11/h3-8,13-14H,9H2,1-2H3. The minimum atomic E-state index is 0.0337. The van der Waals surface area contributed by atoms with Crippen LogP contribution in [-0.2, 0) is 0 Å². The van der Waals surface area contributed by atoms with Crippen LogP contribution in [0.5, 0.6) is 5.75 Å². The lowest BCUT2D eigenvalue weighted by atomic mass is 9.68. The van der Waals surface area contributed by atoms with Gasteiger partial charge in [0.1, 0.15) is 11.9 Å². The lowest BCUT2D eigenvalue weighted by Gasteiger charge is -2.48. The zero-order chi connectivity index (χ0) is 12.8. The fraction of sp³-hybridized carbons (Fsp3) is 0.400. The molecular weight excluding hydrogens is 246 g/mol. The molecule has 1 aliphatic rings. The van der Waals surface area contributed by atoms with E-state index in [-0.39, 0.29) is 16.9 Å². The Labute approximate surface area is 112 Å². The predicted molar refractivity (Wildman–Crippen MR) is 74.2 cm³/mol. The molecule has 3 rings (SSSR count). The average Bonchev–Trinajstić information content (AvgIpc) is 2.39. The maximum atomic E-state index is 6.23. The van der Waals surface area contributed by atoms with Gasteiger partial charge in [0.2, 0.25) is 0 Å². The molecule has 1 fully saturated rings. The highest BCUT2D eigenvalue weighted by Gasteiger charge is 2.49. The monoisotopic (exact) mass is 261 g/mol. The van der Waals surface area contributed by atoms with Gasteiger partial charge in [-0.2, -0.15) is 0 Å². The topological polar surface area (TPSA) is 22.1 Å². The van der Waals surface area contributed by atoms with Crippen LogP contribution in [0.2, 0.25) is 0 Å². The highest BCUT2D eigenvalue weighted by atomic mass is 35.5. The van der Waals surface area contributed by atoms with E-state index in [0.29, 0.717) is 0 Å². The zero-order valence-corrected chi connectivity index (χ0v) is 11.3. The molecule has 0 N–H and O–H groups in total. The molecule has 1 saturated carbocycles. The second kappa shape index (κ2) is 4.13. The number of alkyl halides is 1. The Morgan fingerprint density at radius 3 is 2.83 bits per heavy atom. The number of hydrogen-bond acceptors (Lipinski definition) is 2. The summed E-state index contributed by atoms with van der Waals surface area (Å²) in [4.78, 5) is 4.34. The van der Waals surface area contributed by atoms with Gasteiger partial charge in [0.25, 0.3) is 0 Å². The van der Waals surface area contributed by atoms with Gasteiger partial charge in [0.15, 0.2) is 0 Å². The Kier molecular flexibility index (Phi) is 2.70. The van der Waals surface area contributed by atoms with E-state index in [9.17, 15) is 0 Å². The minimum absolute atomic E-state index is 0.0337. The number of ether oxygens (including phenoxy) is 1. The molecule has 0 amide bonds. The van der Waals surface area contributed by atoms with Gasteiger partial charge in [-0.15, -0.1) is 11.6 Å². The third kappa shape index (κ3) is 1.76. The number of benzene rings is 1. The van der Waals surface area contributed by atoms with Crippen molar-refractivity contribution in [1.29, 1.82) is 0 Å². The number of fused-ring (bicyclic) bond motifs is 1. The van der Waals surface area contributed by atoms with Crippen LogP contribution in [0.15, 0.2) is 36.5 Å². The third-order valence-corrected chi connectivity index (χ3v) is 4.67. The molecule has 1 aromatic heterocycles. The van der Waals surface area contributed by atoms with E-state index in [4.69, 9.17) is 16.3 Å². The third-order valence-electron chi connectivity index (χ3n) is 3.93. The van der Waals surface area contributed by atoms with Gasteiger partial charge < -0.3 is 4.74 Å². The van der Waals surface area contributed by atoms with Crippen molar-refractivity contribution in [3.8, 4) is 5.75 Å². The van der Waals surface area contributed by atoms with Crippen molar-refractivity contribution >= 4 is 22.5 Å². The number of rotatable bonds is 2. The first-order valence-electron chi connectivity index (χ1n) is 6.23. The Balaban J connectivity index is 1.92. The van der Waals surface area contributed by atoms with Crippen molar-refractivity contribution in [2.75, 3.05) is 0 Å². The summed E-state index contributed by atoms with van der Waals surface area (Å²) < 4.78 is 6.12. The molecule has 0 saturated heterocycles. The van der Waals surface area contributed by atoms with Crippen molar-refractivity contribution in [3.05, 3.63) is 36.5 Å². The molecule has 1 aliphatic carbocycles. The van der Waals surface area contributed by atoms with E-state index in [0.717, 1.165) is 23.1 Å². The summed E-state index contributed by atoms with van der Waals surface area (Å²) in [6, 6.07) is 9.96. The lowest BCUT2D eigenvalue weighted by molar-refractivity contribution is -0.0120. The molecular formula is C15H16ClNO. The van der Waals surface area contributed by atoms with Crippen LogP contribution in [0.4, 0.5) is 0 Å². The van der Waals surface area contributed by atoms with E-state index in [1.54, 1.807) is 6.20 Å². The fourth-order valence-corrected chi connectivity index (χ4v) is 2.67. The fourth-order valence-electron chi connectivity index (χ4n) is 2.37. The molecule has 0 aliphatic heterocycles. The molecule has 94 valence electrons. The molecule has 1 aromatic carbocycles. The molecule has 0 spiro atoms. The molecule has 0 bridgehead atoms. The zero-order valence-electron chi connectivity index (χ0n) is 10.6. The largest absolute Gasteiger partial charge is 0.489 e. The van der Waals surface area contributed by atoms with E-state index >= 15 is 0 Å². The van der Waals surface area contributed by atoms with Gasteiger partial charge in [0.05, 0.1) is 5.52 Å². The quantitative estimate of drug-likeness (QED) is 0.762. The lowest BCUT2D eigenvalue weighted by Crippen LogP contribution is -2.53. The Morgan fingerprint density at radius 2 is 2.11 bits per heavy atom. The number of nitrogens with zero attached hydrogens (tertiary/aromatic N) is 1. The van der Waals surface area contributed by atoms with E-state index < -0.39 is 0 Å². The second-order valence-electron chi connectivity index (χ2n) is 5.46. The molecule has 1 heterocycles. The van der Waals surface area contributed by atoms with Gasteiger partial charge in [-0.25, -0.2) is 0 Å². The van der Waals surface area contributed by atoms with Gasteiger partial charge in [-0.05, 0) is 24.3 Å². The van der Waals surface area contributed by atoms with Crippen LogP contribution < -0.4 is 4.74 Å². The number of halogens is 1. The van der Waals surface area contributed by atoms with E-state index in [1.807, 2.05) is 30.3 Å². The molecule has 2 nitrogen and oxygen atoms in total. The summed E-state index contributed by atoms with van der Waals surface area (Å²) >= 11 is 6.23. The van der Waals surface area contributed by atoms with Crippen LogP contribution in [0.1, 0.15) is 20.3 Å². The van der Waals surface area contributed by atoms with Crippen molar-refractivity contribution in [2.24, 2.45) is 5.41 Å². The first kappa shape index (κ1) is 11.8. The normalized spacial score (nSPS) is 25.7. The molecule has 3 heteroatoms. The first-order chi connectivity index (χ1) is 8.59. The van der Waals surface area contributed by atoms with Crippen LogP contribution in [0.3, 0.4) is 0 Å². The Morgan fingerprint density at radius 1 is 1.28 bits per heavy atom. The molecule has 2 aromatic rings. The van der Waals surface area contributed by atoms with Crippen molar-refractivity contribution in [1.82, 2.24) is 4.98 Å². The highest BCUT2D eigenvalue weighted by Crippen LogP contribution is 2.46. The summed E-state index contributed by atoms with van der Waals surface area (Å²) in [7, 11) is 0. The summed E-state index contributed by atoms with van der Waals surface area (Å²) in [6.07, 6.45) is 2.89. The van der Waals surface area contributed by atoms with Crippen LogP contribution in [0.25, 0.3) is 10.9 Å². The number of hydrogen-bond donors (Lipinski definition) is 0. The minimum Gasteiger partial charge on any atom is -0.489 e. The van der Waals surface area contributed by atoms with E-state index in [1.165, 1.54) is 0 Å². The van der Waals surface area contributed by atoms with Gasteiger partial charge in [-0.3, -0.25) is 4.98 Å². The second-order valence-corrected chi connectivity index (χ2v) is 5.98. The van der Waals surface area contributed by atoms with E-state index in [2.05, 4.69) is 18.8 Å². The van der Waals surface area contributed by atoms with Gasteiger partial charge in [-0.1, -0.05) is 19.9 Å². The van der Waals surface area contributed by atoms with Crippen LogP contribution in [-0.4, -0.2) is 16.5 Å². The number of aromatic nitrogens is 1. The summed E-state index contributed by atoms with van der Waals surface area (Å²) in [5.74, 6) is 0.905. The van der Waals surface area contributed by atoms with Gasteiger partial charge in [0, 0.05) is 28.8 Å².